The van der Waals surface area contributed by atoms with Gasteiger partial charge in [0.25, 0.3) is 0 Å². The third kappa shape index (κ3) is 4.39. The molecule has 1 aromatic carbocycles. The monoisotopic (exact) mass is 307 g/mol. The Morgan fingerprint density at radius 2 is 2.05 bits per heavy atom. The zero-order valence-electron chi connectivity index (χ0n) is 11.9. The second-order valence-corrected chi connectivity index (χ2v) is 5.04. The summed E-state index contributed by atoms with van der Waals surface area (Å²) in [5, 5.41) is 2.65. The lowest BCUT2D eigenvalue weighted by atomic mass is 9.94. The molecule has 22 heavy (non-hydrogen) atoms. The van der Waals surface area contributed by atoms with Gasteiger partial charge in [0.1, 0.15) is 0 Å². The minimum atomic E-state index is -4.43. The van der Waals surface area contributed by atoms with Gasteiger partial charge in [0.2, 0.25) is 5.91 Å². The Hall–Kier alpha value is -2.22. The van der Waals surface area contributed by atoms with Crippen LogP contribution in [0.3, 0.4) is 0 Å². The first-order chi connectivity index (χ1) is 10.5. The number of alkyl halides is 3. The fraction of sp³-hybridized carbons (Fsp3) is 0.353. The predicted octanol–water partition coefficient (Wildman–Crippen LogP) is 3.53. The van der Waals surface area contributed by atoms with Gasteiger partial charge in [-0.2, -0.15) is 13.2 Å². The first-order valence-electron chi connectivity index (χ1n) is 7.06. The van der Waals surface area contributed by atoms with Gasteiger partial charge in [-0.3, -0.25) is 4.79 Å². The van der Waals surface area contributed by atoms with E-state index in [2.05, 4.69) is 17.2 Å². The maximum Gasteiger partial charge on any atom is 0.417 e. The van der Waals surface area contributed by atoms with E-state index in [0.29, 0.717) is 6.42 Å². The standard InChI is InChI=1S/C17H16F3NO/c18-17(19,20)15-11-5-4-7-13(15)10-6-12-21-16(22)14-8-2-1-3-9-14/h1-2,4-5,7,11,14H,3,8-9,12H2,(H,21,22). The molecule has 1 aromatic rings. The van der Waals surface area contributed by atoms with Gasteiger partial charge >= 0.3 is 6.18 Å². The second kappa shape index (κ2) is 7.17. The first-order valence-corrected chi connectivity index (χ1v) is 7.06. The van der Waals surface area contributed by atoms with Crippen molar-refractivity contribution in [3.8, 4) is 11.8 Å². The van der Waals surface area contributed by atoms with Gasteiger partial charge in [0, 0.05) is 11.5 Å². The van der Waals surface area contributed by atoms with Crippen LogP contribution in [0, 0.1) is 17.8 Å². The van der Waals surface area contributed by atoms with Gasteiger partial charge in [-0.1, -0.05) is 36.1 Å². The van der Waals surface area contributed by atoms with E-state index in [-0.39, 0.29) is 23.9 Å². The van der Waals surface area contributed by atoms with Gasteiger partial charge in [-0.25, -0.2) is 0 Å². The molecule has 1 N–H and O–H groups in total. The van der Waals surface area contributed by atoms with Crippen molar-refractivity contribution in [2.75, 3.05) is 6.54 Å². The average molecular weight is 307 g/mol. The van der Waals surface area contributed by atoms with Crippen LogP contribution in [0.4, 0.5) is 13.2 Å². The Labute approximate surface area is 127 Å². The predicted molar refractivity (Wildman–Crippen MR) is 77.8 cm³/mol. The zero-order chi connectivity index (χ0) is 16.0. The van der Waals surface area contributed by atoms with Gasteiger partial charge in [0.05, 0.1) is 12.1 Å². The van der Waals surface area contributed by atoms with E-state index in [1.165, 1.54) is 18.2 Å². The second-order valence-electron chi connectivity index (χ2n) is 5.04. The van der Waals surface area contributed by atoms with E-state index in [1.807, 2.05) is 12.2 Å². The van der Waals surface area contributed by atoms with Crippen LogP contribution in [0.15, 0.2) is 36.4 Å². The summed E-state index contributed by atoms with van der Waals surface area (Å²) >= 11 is 0. The molecule has 0 heterocycles. The van der Waals surface area contributed by atoms with Crippen molar-refractivity contribution in [3.63, 3.8) is 0 Å². The van der Waals surface area contributed by atoms with Gasteiger partial charge < -0.3 is 5.32 Å². The Balaban J connectivity index is 1.94. The van der Waals surface area contributed by atoms with Crippen LogP contribution >= 0.6 is 0 Å². The number of hydrogen-bond donors (Lipinski definition) is 1. The van der Waals surface area contributed by atoms with E-state index < -0.39 is 11.7 Å². The van der Waals surface area contributed by atoms with Crippen LogP contribution in [0.2, 0.25) is 0 Å². The van der Waals surface area contributed by atoms with Crippen molar-refractivity contribution < 1.29 is 18.0 Å². The summed E-state index contributed by atoms with van der Waals surface area (Å²) in [6.07, 6.45) is 1.96. The van der Waals surface area contributed by atoms with Crippen LogP contribution in [0.5, 0.6) is 0 Å². The summed E-state index contributed by atoms with van der Waals surface area (Å²) in [6.45, 7) is 0.0469. The lowest BCUT2D eigenvalue weighted by Gasteiger charge is -2.16. The summed E-state index contributed by atoms with van der Waals surface area (Å²) in [7, 11) is 0. The number of nitrogens with one attached hydrogen (secondary N) is 1. The Morgan fingerprint density at radius 1 is 1.27 bits per heavy atom. The highest BCUT2D eigenvalue weighted by Crippen LogP contribution is 2.31. The maximum absolute atomic E-state index is 12.8. The molecule has 0 saturated carbocycles. The Morgan fingerprint density at radius 3 is 2.73 bits per heavy atom. The Bertz CT molecular complexity index is 623. The number of rotatable bonds is 2. The summed E-state index contributed by atoms with van der Waals surface area (Å²) in [5.74, 6) is 4.91. The molecule has 0 bridgehead atoms. The van der Waals surface area contributed by atoms with E-state index in [9.17, 15) is 18.0 Å². The number of hydrogen-bond acceptors (Lipinski definition) is 1. The SMILES string of the molecule is O=C(NCC#Cc1ccccc1C(F)(F)F)C1CC=CCC1. The lowest BCUT2D eigenvalue weighted by Crippen LogP contribution is -2.31. The van der Waals surface area contributed by atoms with Crippen LogP contribution in [-0.2, 0) is 11.0 Å². The van der Waals surface area contributed by atoms with Crippen molar-refractivity contribution in [2.45, 2.75) is 25.4 Å². The third-order valence-electron chi connectivity index (χ3n) is 3.45. The highest BCUT2D eigenvalue weighted by atomic mass is 19.4. The molecule has 0 fully saturated rings. The average Bonchev–Trinajstić information content (AvgIpc) is 2.51. The summed E-state index contributed by atoms with van der Waals surface area (Å²) in [5.41, 5.74) is -0.837. The number of carbonyl (C=O) groups is 1. The third-order valence-corrected chi connectivity index (χ3v) is 3.45. The van der Waals surface area contributed by atoms with Crippen molar-refractivity contribution in [3.05, 3.63) is 47.5 Å². The maximum atomic E-state index is 12.8. The smallest absolute Gasteiger partial charge is 0.345 e. The van der Waals surface area contributed by atoms with Crippen molar-refractivity contribution in [1.82, 2.24) is 5.32 Å². The molecular weight excluding hydrogens is 291 g/mol. The lowest BCUT2D eigenvalue weighted by molar-refractivity contribution is -0.137. The largest absolute Gasteiger partial charge is 0.417 e. The zero-order valence-corrected chi connectivity index (χ0v) is 11.9. The topological polar surface area (TPSA) is 29.1 Å². The van der Waals surface area contributed by atoms with Gasteiger partial charge in [0.15, 0.2) is 0 Å². The van der Waals surface area contributed by atoms with Crippen molar-refractivity contribution >= 4 is 5.91 Å². The molecular formula is C17H16F3NO. The minimum Gasteiger partial charge on any atom is -0.345 e. The molecule has 1 unspecified atom stereocenters. The summed E-state index contributed by atoms with van der Waals surface area (Å²) < 4.78 is 38.4. The minimum absolute atomic E-state index is 0.0469. The van der Waals surface area contributed by atoms with Crippen molar-refractivity contribution in [1.29, 1.82) is 0 Å². The number of amides is 1. The number of carbonyl (C=O) groups excluding carboxylic acids is 1. The molecule has 0 spiro atoms. The molecule has 2 nitrogen and oxygen atoms in total. The highest BCUT2D eigenvalue weighted by molar-refractivity contribution is 5.79. The van der Waals surface area contributed by atoms with E-state index in [0.717, 1.165) is 18.9 Å². The fourth-order valence-corrected chi connectivity index (χ4v) is 2.29. The van der Waals surface area contributed by atoms with Gasteiger partial charge in [-0.15, -0.1) is 0 Å². The van der Waals surface area contributed by atoms with Crippen LogP contribution in [-0.4, -0.2) is 12.5 Å². The van der Waals surface area contributed by atoms with E-state index in [1.54, 1.807) is 0 Å². The molecule has 0 saturated heterocycles. The van der Waals surface area contributed by atoms with Crippen LogP contribution < -0.4 is 5.32 Å². The van der Waals surface area contributed by atoms with Gasteiger partial charge in [-0.05, 0) is 31.4 Å². The molecule has 1 aliphatic carbocycles. The van der Waals surface area contributed by atoms with E-state index in [4.69, 9.17) is 0 Å². The molecule has 2 rings (SSSR count). The summed E-state index contributed by atoms with van der Waals surface area (Å²) in [4.78, 5) is 11.8. The number of halogens is 3. The molecule has 0 aliphatic heterocycles. The number of benzene rings is 1. The molecule has 5 heteroatoms. The molecule has 1 atom stereocenters. The molecule has 1 amide bonds. The van der Waals surface area contributed by atoms with Crippen LogP contribution in [0.1, 0.15) is 30.4 Å². The molecule has 1 aliphatic rings. The summed E-state index contributed by atoms with van der Waals surface area (Å²) in [6, 6.07) is 5.15. The molecule has 0 aromatic heterocycles. The van der Waals surface area contributed by atoms with Crippen LogP contribution in [0.25, 0.3) is 0 Å². The Kier molecular flexibility index (Phi) is 5.26. The van der Waals surface area contributed by atoms with E-state index >= 15 is 0 Å². The number of allylic oxidation sites excluding steroid dienone is 2. The first kappa shape index (κ1) is 16.2. The van der Waals surface area contributed by atoms with Crippen molar-refractivity contribution in [2.24, 2.45) is 5.92 Å². The highest BCUT2D eigenvalue weighted by Gasteiger charge is 2.32. The molecule has 116 valence electrons. The fourth-order valence-electron chi connectivity index (χ4n) is 2.29. The molecule has 0 radical (unpaired) electrons. The quantitative estimate of drug-likeness (QED) is 0.657. The normalized spacial score (nSPS) is 17.5.